The number of H-pyrrole nitrogens is 1. The first-order chi connectivity index (χ1) is 8.54. The first-order valence-corrected chi connectivity index (χ1v) is 5.54. The number of fused-ring (bicyclic) bond motifs is 1. The fourth-order valence-electron chi connectivity index (χ4n) is 1.81. The Kier molecular flexibility index (Phi) is 3.01. The summed E-state index contributed by atoms with van der Waals surface area (Å²) < 4.78 is 1.11. The van der Waals surface area contributed by atoms with Crippen molar-refractivity contribution >= 4 is 16.9 Å². The van der Waals surface area contributed by atoms with Gasteiger partial charge in [0, 0.05) is 6.54 Å². The number of nitrogens with zero attached hydrogens (tertiary/aromatic N) is 1. The lowest BCUT2D eigenvalue weighted by atomic mass is 10.1. The van der Waals surface area contributed by atoms with Gasteiger partial charge in [-0.05, 0) is 24.6 Å². The van der Waals surface area contributed by atoms with Gasteiger partial charge in [0.25, 0.3) is 5.56 Å². The van der Waals surface area contributed by atoms with Crippen LogP contribution in [0, 0.1) is 0 Å². The minimum absolute atomic E-state index is 0.0331. The van der Waals surface area contributed by atoms with E-state index in [2.05, 4.69) is 4.98 Å². The predicted molar refractivity (Wildman–Crippen MR) is 66.1 cm³/mol. The summed E-state index contributed by atoms with van der Waals surface area (Å²) in [5.74, 6) is -1.10. The Morgan fingerprint density at radius 3 is 2.72 bits per heavy atom. The second-order valence-electron chi connectivity index (χ2n) is 3.95. The largest absolute Gasteiger partial charge is 0.478 e. The normalized spacial score (nSPS) is 10.7. The van der Waals surface area contributed by atoms with Crippen LogP contribution in [-0.2, 0) is 6.54 Å². The van der Waals surface area contributed by atoms with E-state index in [1.807, 2.05) is 6.92 Å². The number of rotatable bonds is 3. The Labute approximate surface area is 102 Å². The highest BCUT2D eigenvalue weighted by molar-refractivity contribution is 5.92. The van der Waals surface area contributed by atoms with Gasteiger partial charge in [0.15, 0.2) is 0 Å². The van der Waals surface area contributed by atoms with Crippen molar-refractivity contribution in [3.05, 3.63) is 44.6 Å². The van der Waals surface area contributed by atoms with Crippen molar-refractivity contribution in [3.8, 4) is 0 Å². The van der Waals surface area contributed by atoms with E-state index in [0.717, 1.165) is 4.57 Å². The van der Waals surface area contributed by atoms with E-state index in [-0.39, 0.29) is 11.1 Å². The van der Waals surface area contributed by atoms with Crippen LogP contribution in [0.4, 0.5) is 0 Å². The molecule has 18 heavy (non-hydrogen) atoms. The number of nitrogens with one attached hydrogen (secondary N) is 1. The predicted octanol–water partition coefficient (Wildman–Crippen LogP) is 0.798. The molecular weight excluding hydrogens is 236 g/mol. The van der Waals surface area contributed by atoms with Crippen LogP contribution in [0.1, 0.15) is 23.7 Å². The van der Waals surface area contributed by atoms with Gasteiger partial charge >= 0.3 is 11.7 Å². The standard InChI is InChI=1S/C12H12N2O4/c1-2-5-14-10(15)8-4-3-7(11(16)17)6-9(8)13-12(14)18/h3-4,6H,2,5H2,1H3,(H,13,18)(H,16,17). The maximum Gasteiger partial charge on any atom is 0.335 e. The second kappa shape index (κ2) is 4.48. The van der Waals surface area contributed by atoms with Crippen molar-refractivity contribution in [1.29, 1.82) is 0 Å². The van der Waals surface area contributed by atoms with Crippen LogP contribution in [0.25, 0.3) is 10.9 Å². The number of carboxylic acid groups (broad SMARTS) is 1. The molecule has 0 aliphatic carbocycles. The molecule has 0 radical (unpaired) electrons. The van der Waals surface area contributed by atoms with Gasteiger partial charge < -0.3 is 10.1 Å². The number of carboxylic acids is 1. The highest BCUT2D eigenvalue weighted by Crippen LogP contribution is 2.09. The zero-order valence-electron chi connectivity index (χ0n) is 9.77. The van der Waals surface area contributed by atoms with E-state index in [9.17, 15) is 14.4 Å². The maximum absolute atomic E-state index is 12.0. The highest BCUT2D eigenvalue weighted by Gasteiger charge is 2.09. The lowest BCUT2D eigenvalue weighted by Crippen LogP contribution is -2.34. The number of aromatic nitrogens is 2. The monoisotopic (exact) mass is 248 g/mol. The summed E-state index contributed by atoms with van der Waals surface area (Å²) in [6.07, 6.45) is 0.668. The number of hydrogen-bond donors (Lipinski definition) is 2. The Morgan fingerprint density at radius 1 is 1.39 bits per heavy atom. The minimum Gasteiger partial charge on any atom is -0.478 e. The molecule has 1 heterocycles. The van der Waals surface area contributed by atoms with Crippen molar-refractivity contribution in [2.45, 2.75) is 19.9 Å². The van der Waals surface area contributed by atoms with E-state index in [0.29, 0.717) is 18.4 Å². The molecule has 2 aromatic rings. The molecule has 0 saturated heterocycles. The molecule has 1 aromatic heterocycles. The summed E-state index contributed by atoms with van der Waals surface area (Å²) in [6, 6.07) is 4.06. The zero-order valence-corrected chi connectivity index (χ0v) is 9.77. The summed E-state index contributed by atoms with van der Waals surface area (Å²) in [6.45, 7) is 2.20. The third-order valence-electron chi connectivity index (χ3n) is 2.68. The summed E-state index contributed by atoms with van der Waals surface area (Å²) in [5.41, 5.74) is -0.632. The smallest absolute Gasteiger partial charge is 0.335 e. The Morgan fingerprint density at radius 2 is 2.11 bits per heavy atom. The van der Waals surface area contributed by atoms with Crippen LogP contribution in [0.2, 0.25) is 0 Å². The highest BCUT2D eigenvalue weighted by atomic mass is 16.4. The molecule has 6 heteroatoms. The van der Waals surface area contributed by atoms with Gasteiger partial charge in [-0.1, -0.05) is 6.92 Å². The second-order valence-corrected chi connectivity index (χ2v) is 3.95. The maximum atomic E-state index is 12.0. The number of carbonyl (C=O) groups is 1. The molecule has 0 aliphatic rings. The summed E-state index contributed by atoms with van der Waals surface area (Å²) in [7, 11) is 0. The van der Waals surface area contributed by atoms with Gasteiger partial charge in [-0.3, -0.25) is 9.36 Å². The fourth-order valence-corrected chi connectivity index (χ4v) is 1.81. The van der Waals surface area contributed by atoms with Crippen molar-refractivity contribution in [3.63, 3.8) is 0 Å². The van der Waals surface area contributed by atoms with Gasteiger partial charge in [0.1, 0.15) is 0 Å². The number of aromatic amines is 1. The molecule has 94 valence electrons. The van der Waals surface area contributed by atoms with Crippen molar-refractivity contribution in [2.24, 2.45) is 0 Å². The molecular formula is C12H12N2O4. The molecule has 1 aromatic carbocycles. The zero-order chi connectivity index (χ0) is 13.3. The van der Waals surface area contributed by atoms with E-state index < -0.39 is 17.2 Å². The van der Waals surface area contributed by atoms with Crippen molar-refractivity contribution < 1.29 is 9.90 Å². The summed E-state index contributed by atoms with van der Waals surface area (Å²) in [4.78, 5) is 37.0. The third-order valence-corrected chi connectivity index (χ3v) is 2.68. The molecule has 0 saturated carbocycles. The molecule has 2 N–H and O–H groups in total. The van der Waals surface area contributed by atoms with Gasteiger partial charge in [-0.25, -0.2) is 9.59 Å². The van der Waals surface area contributed by atoms with Crippen LogP contribution in [0.3, 0.4) is 0 Å². The molecule has 6 nitrogen and oxygen atoms in total. The molecule has 0 aliphatic heterocycles. The molecule has 2 rings (SSSR count). The first kappa shape index (κ1) is 12.1. The SMILES string of the molecule is CCCn1c(=O)[nH]c2cc(C(=O)O)ccc2c1=O. The van der Waals surface area contributed by atoms with Gasteiger partial charge in [-0.2, -0.15) is 0 Å². The summed E-state index contributed by atoms with van der Waals surface area (Å²) >= 11 is 0. The van der Waals surface area contributed by atoms with Crippen LogP contribution in [0.5, 0.6) is 0 Å². The number of hydrogen-bond acceptors (Lipinski definition) is 3. The van der Waals surface area contributed by atoms with Gasteiger partial charge in [-0.15, -0.1) is 0 Å². The molecule has 0 bridgehead atoms. The quantitative estimate of drug-likeness (QED) is 0.840. The van der Waals surface area contributed by atoms with Gasteiger partial charge in [0.05, 0.1) is 16.5 Å². The molecule has 0 spiro atoms. The summed E-state index contributed by atoms with van der Waals surface area (Å²) in [5, 5.41) is 9.16. The first-order valence-electron chi connectivity index (χ1n) is 5.54. The van der Waals surface area contributed by atoms with Crippen molar-refractivity contribution in [2.75, 3.05) is 0 Å². The van der Waals surface area contributed by atoms with E-state index in [1.165, 1.54) is 18.2 Å². The van der Waals surface area contributed by atoms with E-state index >= 15 is 0 Å². The average molecular weight is 248 g/mol. The van der Waals surface area contributed by atoms with Gasteiger partial charge in [0.2, 0.25) is 0 Å². The van der Waals surface area contributed by atoms with Crippen LogP contribution in [0.15, 0.2) is 27.8 Å². The van der Waals surface area contributed by atoms with Crippen molar-refractivity contribution in [1.82, 2.24) is 9.55 Å². The third kappa shape index (κ3) is 1.92. The Bertz CT molecular complexity index is 727. The van der Waals surface area contributed by atoms with Crippen LogP contribution < -0.4 is 11.2 Å². The number of aromatic carboxylic acids is 1. The van der Waals surface area contributed by atoms with E-state index in [4.69, 9.17) is 5.11 Å². The lowest BCUT2D eigenvalue weighted by Gasteiger charge is -2.05. The number of benzene rings is 1. The van der Waals surface area contributed by atoms with Crippen LogP contribution in [-0.4, -0.2) is 20.6 Å². The van der Waals surface area contributed by atoms with E-state index in [1.54, 1.807) is 0 Å². The average Bonchev–Trinajstić information content (AvgIpc) is 2.33. The lowest BCUT2D eigenvalue weighted by molar-refractivity contribution is 0.0697. The topological polar surface area (TPSA) is 92.2 Å². The molecule has 0 amide bonds. The minimum atomic E-state index is -1.10. The van der Waals surface area contributed by atoms with Crippen LogP contribution >= 0.6 is 0 Å². The molecule has 0 fully saturated rings. The molecule has 0 atom stereocenters. The molecule has 0 unspecified atom stereocenters. The Balaban J connectivity index is 2.78. The Hall–Kier alpha value is -2.37. The fraction of sp³-hybridized carbons (Fsp3) is 0.250.